The van der Waals surface area contributed by atoms with Gasteiger partial charge in [0.2, 0.25) is 0 Å². The number of nitrogens with zero attached hydrogens (tertiary/aromatic N) is 2. The number of nitrogens with one attached hydrogen (secondary N) is 1. The van der Waals surface area contributed by atoms with Crippen molar-refractivity contribution in [3.63, 3.8) is 0 Å². The standard InChI is InChI=1S/C18H18ClN3O4S/c1-4-8-22-10-11(3)15-17(22)20-16(21-18(15)23)13-9-12(27(19,24)25)6-7-14(13)26-5-2/h4,6-7,9-10H,1,5,8H2,2-3H3,(H,20,21,23). The molecule has 0 radical (unpaired) electrons. The van der Waals surface area contributed by atoms with Gasteiger partial charge in [-0.05, 0) is 37.6 Å². The molecule has 3 rings (SSSR count). The number of hydrogen-bond donors (Lipinski definition) is 1. The minimum atomic E-state index is -3.95. The topological polar surface area (TPSA) is 94.1 Å². The molecule has 27 heavy (non-hydrogen) atoms. The van der Waals surface area contributed by atoms with Gasteiger partial charge in [0.25, 0.3) is 14.6 Å². The SMILES string of the molecule is C=CCn1cc(C)c2c(=O)[nH]c(-c3cc(S(=O)(=O)Cl)ccc3OCC)nc21. The van der Waals surface area contributed by atoms with Crippen LogP contribution in [0.15, 0.2) is 46.7 Å². The van der Waals surface area contributed by atoms with Crippen molar-refractivity contribution in [3.05, 3.63) is 53.0 Å². The number of aromatic nitrogens is 3. The molecule has 9 heteroatoms. The van der Waals surface area contributed by atoms with Crippen LogP contribution in [0.3, 0.4) is 0 Å². The highest BCUT2D eigenvalue weighted by atomic mass is 35.7. The van der Waals surface area contributed by atoms with Crippen LogP contribution in [0.5, 0.6) is 5.75 Å². The van der Waals surface area contributed by atoms with Crippen molar-refractivity contribution in [3.8, 4) is 17.1 Å². The maximum absolute atomic E-state index is 12.6. The van der Waals surface area contributed by atoms with Crippen LogP contribution in [-0.4, -0.2) is 29.6 Å². The Morgan fingerprint density at radius 3 is 2.78 bits per heavy atom. The van der Waals surface area contributed by atoms with Gasteiger partial charge in [-0.1, -0.05) is 6.08 Å². The van der Waals surface area contributed by atoms with Gasteiger partial charge >= 0.3 is 0 Å². The molecule has 0 bridgehead atoms. The minimum absolute atomic E-state index is 0.108. The normalized spacial score (nSPS) is 11.7. The van der Waals surface area contributed by atoms with E-state index in [9.17, 15) is 13.2 Å². The smallest absolute Gasteiger partial charge is 0.261 e. The molecule has 7 nitrogen and oxygen atoms in total. The van der Waals surface area contributed by atoms with E-state index >= 15 is 0 Å². The number of allylic oxidation sites excluding steroid dienone is 1. The van der Waals surface area contributed by atoms with Crippen LogP contribution in [0, 0.1) is 6.92 Å². The van der Waals surface area contributed by atoms with E-state index in [1.807, 2.05) is 13.1 Å². The summed E-state index contributed by atoms with van der Waals surface area (Å²) in [4.78, 5) is 19.8. The van der Waals surface area contributed by atoms with E-state index in [2.05, 4.69) is 16.5 Å². The second-order valence-corrected chi connectivity index (χ2v) is 8.46. The van der Waals surface area contributed by atoms with Crippen molar-refractivity contribution in [2.75, 3.05) is 6.61 Å². The highest BCUT2D eigenvalue weighted by Gasteiger charge is 2.19. The third kappa shape index (κ3) is 3.63. The van der Waals surface area contributed by atoms with Crippen LogP contribution < -0.4 is 10.3 Å². The molecular weight excluding hydrogens is 390 g/mol. The Labute approximate surface area is 160 Å². The first-order valence-electron chi connectivity index (χ1n) is 8.18. The lowest BCUT2D eigenvalue weighted by molar-refractivity contribution is 0.341. The Balaban J connectivity index is 2.32. The quantitative estimate of drug-likeness (QED) is 0.500. The van der Waals surface area contributed by atoms with Crippen molar-refractivity contribution in [1.82, 2.24) is 14.5 Å². The zero-order valence-corrected chi connectivity index (χ0v) is 16.4. The summed E-state index contributed by atoms with van der Waals surface area (Å²) in [6, 6.07) is 4.18. The fourth-order valence-electron chi connectivity index (χ4n) is 2.92. The molecule has 0 saturated carbocycles. The van der Waals surface area contributed by atoms with Crippen LogP contribution in [0.1, 0.15) is 12.5 Å². The number of H-pyrrole nitrogens is 1. The molecule has 1 aromatic carbocycles. The van der Waals surface area contributed by atoms with Crippen molar-refractivity contribution < 1.29 is 13.2 Å². The minimum Gasteiger partial charge on any atom is -0.493 e. The summed E-state index contributed by atoms with van der Waals surface area (Å²) in [6.07, 6.45) is 3.52. The molecule has 0 unspecified atom stereocenters. The van der Waals surface area contributed by atoms with Gasteiger partial charge in [0.05, 0.1) is 22.5 Å². The van der Waals surface area contributed by atoms with Crippen LogP contribution in [0.25, 0.3) is 22.4 Å². The number of aromatic amines is 1. The molecule has 0 fully saturated rings. The van der Waals surface area contributed by atoms with Crippen molar-refractivity contribution in [2.45, 2.75) is 25.3 Å². The van der Waals surface area contributed by atoms with E-state index in [0.717, 1.165) is 5.56 Å². The van der Waals surface area contributed by atoms with E-state index in [1.54, 1.807) is 17.6 Å². The molecule has 3 aromatic rings. The van der Waals surface area contributed by atoms with Gasteiger partial charge in [-0.2, -0.15) is 0 Å². The van der Waals surface area contributed by atoms with Crippen LogP contribution in [0.4, 0.5) is 0 Å². The zero-order valence-electron chi connectivity index (χ0n) is 14.8. The molecule has 2 heterocycles. The lowest BCUT2D eigenvalue weighted by atomic mass is 10.1. The highest BCUT2D eigenvalue weighted by molar-refractivity contribution is 8.13. The van der Waals surface area contributed by atoms with Gasteiger partial charge in [0, 0.05) is 23.4 Å². The molecule has 0 aliphatic carbocycles. The predicted molar refractivity (Wildman–Crippen MR) is 105 cm³/mol. The van der Waals surface area contributed by atoms with Gasteiger partial charge in [0.15, 0.2) is 0 Å². The second kappa shape index (κ2) is 7.21. The molecule has 142 valence electrons. The van der Waals surface area contributed by atoms with Crippen molar-refractivity contribution in [1.29, 1.82) is 0 Å². The third-order valence-corrected chi connectivity index (χ3v) is 5.38. The molecule has 2 aromatic heterocycles. The molecule has 0 atom stereocenters. The van der Waals surface area contributed by atoms with Gasteiger partial charge in [-0.15, -0.1) is 6.58 Å². The number of benzene rings is 1. The number of hydrogen-bond acceptors (Lipinski definition) is 5. The molecular formula is C18H18ClN3O4S. The average molecular weight is 408 g/mol. The van der Waals surface area contributed by atoms with E-state index in [0.29, 0.717) is 35.5 Å². The molecule has 1 N–H and O–H groups in total. The summed E-state index contributed by atoms with van der Waals surface area (Å²) in [5.74, 6) is 0.587. The summed E-state index contributed by atoms with van der Waals surface area (Å²) < 4.78 is 30.8. The largest absolute Gasteiger partial charge is 0.493 e. The van der Waals surface area contributed by atoms with Gasteiger partial charge in [-0.3, -0.25) is 4.79 Å². The lowest BCUT2D eigenvalue weighted by Crippen LogP contribution is -2.11. The monoisotopic (exact) mass is 407 g/mol. The summed E-state index contributed by atoms with van der Waals surface area (Å²) in [5, 5.41) is 0.472. The number of aryl methyl sites for hydroxylation is 1. The van der Waals surface area contributed by atoms with E-state index in [4.69, 9.17) is 15.4 Å². The number of ether oxygens (including phenoxy) is 1. The fraction of sp³-hybridized carbons (Fsp3) is 0.222. The van der Waals surface area contributed by atoms with E-state index in [1.165, 1.54) is 18.2 Å². The van der Waals surface area contributed by atoms with Crippen molar-refractivity contribution >= 4 is 30.8 Å². The Morgan fingerprint density at radius 1 is 1.41 bits per heavy atom. The van der Waals surface area contributed by atoms with E-state index in [-0.39, 0.29) is 16.3 Å². The van der Waals surface area contributed by atoms with Gasteiger partial charge in [0.1, 0.15) is 17.2 Å². The molecule has 0 aliphatic rings. The first kappa shape index (κ1) is 19.2. The van der Waals surface area contributed by atoms with Crippen molar-refractivity contribution in [2.24, 2.45) is 0 Å². The molecule has 0 spiro atoms. The Bertz CT molecular complexity index is 1200. The number of fused-ring (bicyclic) bond motifs is 1. The summed E-state index contributed by atoms with van der Waals surface area (Å²) in [7, 11) is 1.52. The first-order valence-corrected chi connectivity index (χ1v) is 10.5. The Kier molecular flexibility index (Phi) is 5.12. The highest BCUT2D eigenvalue weighted by Crippen LogP contribution is 2.32. The average Bonchev–Trinajstić information content (AvgIpc) is 2.91. The molecule has 0 aliphatic heterocycles. The third-order valence-electron chi connectivity index (χ3n) is 4.03. The van der Waals surface area contributed by atoms with Gasteiger partial charge < -0.3 is 14.3 Å². The molecule has 0 saturated heterocycles. The van der Waals surface area contributed by atoms with Crippen LogP contribution >= 0.6 is 10.7 Å². The van der Waals surface area contributed by atoms with Gasteiger partial charge in [-0.25, -0.2) is 13.4 Å². The Morgan fingerprint density at radius 2 is 2.15 bits per heavy atom. The first-order chi connectivity index (χ1) is 12.8. The predicted octanol–water partition coefficient (Wildman–Crippen LogP) is 3.21. The second-order valence-electron chi connectivity index (χ2n) is 5.90. The Hall–Kier alpha value is -2.58. The maximum atomic E-state index is 12.6. The fourth-order valence-corrected chi connectivity index (χ4v) is 3.69. The maximum Gasteiger partial charge on any atom is 0.261 e. The summed E-state index contributed by atoms with van der Waals surface area (Å²) in [5.41, 5.74) is 1.28. The number of rotatable bonds is 6. The molecule has 0 amide bonds. The number of halogens is 1. The summed E-state index contributed by atoms with van der Waals surface area (Å²) >= 11 is 0. The zero-order chi connectivity index (χ0) is 19.8. The van der Waals surface area contributed by atoms with Crippen LogP contribution in [-0.2, 0) is 15.6 Å². The summed E-state index contributed by atoms with van der Waals surface area (Å²) in [6.45, 7) is 8.18. The van der Waals surface area contributed by atoms with Crippen LogP contribution in [0.2, 0.25) is 0 Å². The lowest BCUT2D eigenvalue weighted by Gasteiger charge is -2.11. The van der Waals surface area contributed by atoms with E-state index < -0.39 is 9.05 Å².